The molecule has 2 aliphatic rings. The molecule has 2 heterocycles. The third kappa shape index (κ3) is 5.33. The van der Waals surface area contributed by atoms with Gasteiger partial charge in [-0.15, -0.1) is 12.3 Å². The van der Waals surface area contributed by atoms with Gasteiger partial charge < -0.3 is 34.1 Å². The number of fused-ring (bicyclic) bond motifs is 1. The Morgan fingerprint density at radius 2 is 2.04 bits per heavy atom. The Balaban J connectivity index is 2.22. The van der Waals surface area contributed by atoms with Gasteiger partial charge >= 0.3 is 6.09 Å². The molecular formula is C19H31NO7. The van der Waals surface area contributed by atoms with Crippen molar-refractivity contribution < 1.29 is 33.6 Å². The number of amides is 1. The molecule has 1 amide bonds. The van der Waals surface area contributed by atoms with Crippen molar-refractivity contribution in [2.45, 2.75) is 83.1 Å². The van der Waals surface area contributed by atoms with Gasteiger partial charge in [0.25, 0.3) is 0 Å². The largest absolute Gasteiger partial charge is 0.444 e. The van der Waals surface area contributed by atoms with Gasteiger partial charge in [-0.2, -0.15) is 0 Å². The Morgan fingerprint density at radius 1 is 1.37 bits per heavy atom. The SMILES string of the molecule is C#CC[C@H](CO)[C@H](NC(=O)OC(C)(C)C)[C@H]1O[C@@H]2OC(C)(C)O[C@@H]2[C@H]1OC. The van der Waals surface area contributed by atoms with E-state index in [0.717, 1.165) is 0 Å². The van der Waals surface area contributed by atoms with Crippen LogP contribution in [0.2, 0.25) is 0 Å². The first kappa shape index (κ1) is 21.9. The molecule has 0 aromatic carbocycles. The molecule has 2 aliphatic heterocycles. The maximum Gasteiger partial charge on any atom is 0.407 e. The van der Waals surface area contributed by atoms with Crippen LogP contribution < -0.4 is 5.32 Å². The zero-order valence-electron chi connectivity index (χ0n) is 16.9. The van der Waals surface area contributed by atoms with Crippen molar-refractivity contribution in [2.24, 2.45) is 5.92 Å². The molecule has 8 heteroatoms. The lowest BCUT2D eigenvalue weighted by Gasteiger charge is -2.34. The number of rotatable bonds is 6. The first-order valence-electron chi connectivity index (χ1n) is 9.09. The molecule has 154 valence electrons. The van der Waals surface area contributed by atoms with E-state index in [1.165, 1.54) is 7.11 Å². The van der Waals surface area contributed by atoms with Crippen LogP contribution in [0.25, 0.3) is 0 Å². The molecule has 0 aliphatic carbocycles. The Labute approximate surface area is 160 Å². The second-order valence-corrected chi connectivity index (χ2v) is 8.29. The molecule has 0 spiro atoms. The number of aliphatic hydroxyl groups is 1. The van der Waals surface area contributed by atoms with Gasteiger partial charge in [-0.25, -0.2) is 4.79 Å². The molecule has 27 heavy (non-hydrogen) atoms. The average molecular weight is 385 g/mol. The Kier molecular flexibility index (Phi) is 6.77. The monoisotopic (exact) mass is 385 g/mol. The second-order valence-electron chi connectivity index (χ2n) is 8.29. The van der Waals surface area contributed by atoms with Crippen LogP contribution in [-0.4, -0.2) is 66.9 Å². The summed E-state index contributed by atoms with van der Waals surface area (Å²) in [7, 11) is 1.54. The minimum Gasteiger partial charge on any atom is -0.444 e. The molecule has 0 aromatic heterocycles. The smallest absolute Gasteiger partial charge is 0.407 e. The fourth-order valence-electron chi connectivity index (χ4n) is 3.43. The van der Waals surface area contributed by atoms with E-state index in [1.807, 2.05) is 0 Å². The number of terminal acetylenes is 1. The van der Waals surface area contributed by atoms with Crippen LogP contribution in [-0.2, 0) is 23.7 Å². The third-order valence-corrected chi connectivity index (χ3v) is 4.46. The summed E-state index contributed by atoms with van der Waals surface area (Å²) in [6, 6.07) is -0.647. The summed E-state index contributed by atoms with van der Waals surface area (Å²) < 4.78 is 28.7. The topological polar surface area (TPSA) is 95.5 Å². The van der Waals surface area contributed by atoms with Gasteiger partial charge in [0.15, 0.2) is 12.1 Å². The van der Waals surface area contributed by atoms with Gasteiger partial charge in [0.1, 0.15) is 23.9 Å². The van der Waals surface area contributed by atoms with Crippen LogP contribution in [0.4, 0.5) is 4.79 Å². The highest BCUT2D eigenvalue weighted by molar-refractivity contribution is 5.68. The minimum absolute atomic E-state index is 0.233. The van der Waals surface area contributed by atoms with Gasteiger partial charge in [-0.05, 0) is 34.6 Å². The van der Waals surface area contributed by atoms with Crippen molar-refractivity contribution in [2.75, 3.05) is 13.7 Å². The van der Waals surface area contributed by atoms with Crippen LogP contribution in [0.15, 0.2) is 0 Å². The summed E-state index contributed by atoms with van der Waals surface area (Å²) in [4.78, 5) is 12.4. The molecule has 2 saturated heterocycles. The normalized spacial score (nSPS) is 31.6. The van der Waals surface area contributed by atoms with Crippen LogP contribution in [0.3, 0.4) is 0 Å². The minimum atomic E-state index is -0.791. The summed E-state index contributed by atoms with van der Waals surface area (Å²) in [5, 5.41) is 12.6. The first-order chi connectivity index (χ1) is 12.5. The van der Waals surface area contributed by atoms with Crippen LogP contribution in [0, 0.1) is 18.3 Å². The van der Waals surface area contributed by atoms with Crippen LogP contribution >= 0.6 is 0 Å². The number of methoxy groups -OCH3 is 1. The van der Waals surface area contributed by atoms with Crippen molar-refractivity contribution in [3.8, 4) is 12.3 Å². The van der Waals surface area contributed by atoms with E-state index in [2.05, 4.69) is 11.2 Å². The standard InChI is InChI=1S/C19H31NO7/c1-8-9-11(10-21)12(20-17(22)27-18(2,3)4)13-14(23-7)15-16(24-13)26-19(5,6)25-15/h1,11-16,21H,9-10H2,2-7H3,(H,20,22)/t11-,12+,13-,14+,15-,16-/m1/s1. The highest BCUT2D eigenvalue weighted by atomic mass is 16.8. The number of aliphatic hydroxyl groups excluding tert-OH is 1. The summed E-state index contributed by atoms with van der Waals surface area (Å²) in [5.74, 6) is 1.29. The summed E-state index contributed by atoms with van der Waals surface area (Å²) in [6.45, 7) is 8.66. The molecule has 0 unspecified atom stereocenters. The maximum absolute atomic E-state index is 12.4. The molecule has 0 aromatic rings. The van der Waals surface area contributed by atoms with E-state index in [1.54, 1.807) is 34.6 Å². The van der Waals surface area contributed by atoms with Crippen molar-refractivity contribution >= 4 is 6.09 Å². The number of carbonyl (C=O) groups is 1. The summed E-state index contributed by atoms with van der Waals surface area (Å²) >= 11 is 0. The van der Waals surface area contributed by atoms with E-state index < -0.39 is 54.0 Å². The predicted octanol–water partition coefficient (Wildman–Crippen LogP) is 1.40. The third-order valence-electron chi connectivity index (χ3n) is 4.46. The quantitative estimate of drug-likeness (QED) is 0.667. The number of alkyl carbamates (subject to hydrolysis) is 1. The molecule has 0 saturated carbocycles. The second kappa shape index (κ2) is 8.33. The molecule has 2 fully saturated rings. The number of hydrogen-bond donors (Lipinski definition) is 2. The zero-order valence-corrected chi connectivity index (χ0v) is 16.9. The van der Waals surface area contributed by atoms with Gasteiger partial charge in [0.05, 0.1) is 6.04 Å². The number of carbonyl (C=O) groups excluding carboxylic acids is 1. The van der Waals surface area contributed by atoms with Crippen LogP contribution in [0.5, 0.6) is 0 Å². The molecule has 8 nitrogen and oxygen atoms in total. The Bertz CT molecular complexity index is 565. The highest BCUT2D eigenvalue weighted by Gasteiger charge is 2.57. The lowest BCUT2D eigenvalue weighted by Crippen LogP contribution is -2.55. The number of hydrogen-bond acceptors (Lipinski definition) is 7. The van der Waals surface area contributed by atoms with E-state index in [4.69, 9.17) is 30.1 Å². The fraction of sp³-hybridized carbons (Fsp3) is 0.842. The van der Waals surface area contributed by atoms with Crippen molar-refractivity contribution in [1.29, 1.82) is 0 Å². The highest BCUT2D eigenvalue weighted by Crippen LogP contribution is 2.40. The zero-order chi connectivity index (χ0) is 20.4. The van der Waals surface area contributed by atoms with E-state index >= 15 is 0 Å². The van der Waals surface area contributed by atoms with Gasteiger partial charge in [-0.3, -0.25) is 0 Å². The molecule has 0 bridgehead atoms. The molecule has 0 radical (unpaired) electrons. The van der Waals surface area contributed by atoms with Gasteiger partial charge in [0, 0.05) is 26.1 Å². The predicted molar refractivity (Wildman–Crippen MR) is 96.7 cm³/mol. The molecule has 2 N–H and O–H groups in total. The molecule has 6 atom stereocenters. The van der Waals surface area contributed by atoms with E-state index in [0.29, 0.717) is 0 Å². The number of nitrogens with one attached hydrogen (secondary N) is 1. The molecule has 2 rings (SSSR count). The first-order valence-corrected chi connectivity index (χ1v) is 9.09. The van der Waals surface area contributed by atoms with Gasteiger partial charge in [0.2, 0.25) is 0 Å². The Hall–Kier alpha value is -1.37. The lowest BCUT2D eigenvalue weighted by atomic mass is 9.89. The maximum atomic E-state index is 12.4. The Morgan fingerprint density at radius 3 is 2.56 bits per heavy atom. The van der Waals surface area contributed by atoms with Crippen LogP contribution in [0.1, 0.15) is 41.0 Å². The van der Waals surface area contributed by atoms with Gasteiger partial charge in [-0.1, -0.05) is 0 Å². The van der Waals surface area contributed by atoms with Crippen molar-refractivity contribution in [1.82, 2.24) is 5.32 Å². The fourth-order valence-corrected chi connectivity index (χ4v) is 3.43. The summed E-state index contributed by atoms with van der Waals surface area (Å²) in [5.41, 5.74) is -0.667. The van der Waals surface area contributed by atoms with Crippen molar-refractivity contribution in [3.63, 3.8) is 0 Å². The summed E-state index contributed by atoms with van der Waals surface area (Å²) in [6.07, 6.45) is 2.84. The van der Waals surface area contributed by atoms with E-state index in [9.17, 15) is 9.90 Å². The lowest BCUT2D eigenvalue weighted by molar-refractivity contribution is -0.221. The number of ether oxygens (including phenoxy) is 5. The average Bonchev–Trinajstić information content (AvgIpc) is 3.00. The van der Waals surface area contributed by atoms with Crippen molar-refractivity contribution in [3.05, 3.63) is 0 Å². The van der Waals surface area contributed by atoms with E-state index in [-0.39, 0.29) is 13.0 Å². The molecular weight excluding hydrogens is 354 g/mol.